The molecule has 0 aromatic rings. The summed E-state index contributed by atoms with van der Waals surface area (Å²) < 4.78 is 0. The van der Waals surface area contributed by atoms with Crippen molar-refractivity contribution >= 4 is 0 Å². The molecule has 0 amide bonds. The molecule has 0 bridgehead atoms. The normalized spacial score (nSPS) is 13.7. The van der Waals surface area contributed by atoms with E-state index in [2.05, 4.69) is 26.2 Å². The van der Waals surface area contributed by atoms with E-state index in [9.17, 15) is 0 Å². The highest BCUT2D eigenvalue weighted by atomic mass is 14.6. The Balaban J connectivity index is 5.35. The standard InChI is InChI=1S/C12H19N/c1-7-9(4)10(5)12(8(2)3)11(6)13/h7H,2,6,13H2,1,3-5H3/b9-7+,12-10+. The van der Waals surface area contributed by atoms with Gasteiger partial charge in [0.25, 0.3) is 0 Å². The minimum atomic E-state index is 0.589. The van der Waals surface area contributed by atoms with Gasteiger partial charge in [-0.15, -0.1) is 0 Å². The van der Waals surface area contributed by atoms with Crippen molar-refractivity contribution in [3.63, 3.8) is 0 Å². The van der Waals surface area contributed by atoms with Crippen LogP contribution in [0.3, 0.4) is 0 Å². The van der Waals surface area contributed by atoms with E-state index < -0.39 is 0 Å². The zero-order chi connectivity index (χ0) is 10.6. The van der Waals surface area contributed by atoms with Crippen LogP contribution in [0.2, 0.25) is 0 Å². The van der Waals surface area contributed by atoms with Crippen LogP contribution in [0.15, 0.2) is 47.2 Å². The molecule has 0 rings (SSSR count). The lowest BCUT2D eigenvalue weighted by Crippen LogP contribution is -2.03. The Hall–Kier alpha value is -1.24. The van der Waals surface area contributed by atoms with Crippen LogP contribution >= 0.6 is 0 Å². The molecule has 0 heterocycles. The third-order valence-corrected chi connectivity index (χ3v) is 2.15. The fourth-order valence-corrected chi connectivity index (χ4v) is 1.25. The Morgan fingerprint density at radius 2 is 1.62 bits per heavy atom. The zero-order valence-electron chi connectivity index (χ0n) is 9.07. The van der Waals surface area contributed by atoms with Gasteiger partial charge in [-0.1, -0.05) is 24.8 Å². The van der Waals surface area contributed by atoms with Crippen molar-refractivity contribution in [1.29, 1.82) is 0 Å². The van der Waals surface area contributed by atoms with E-state index in [-0.39, 0.29) is 0 Å². The van der Waals surface area contributed by atoms with Crippen molar-refractivity contribution in [2.45, 2.75) is 27.7 Å². The lowest BCUT2D eigenvalue weighted by Gasteiger charge is -2.12. The van der Waals surface area contributed by atoms with Crippen LogP contribution in [0.1, 0.15) is 27.7 Å². The van der Waals surface area contributed by atoms with Crippen molar-refractivity contribution in [1.82, 2.24) is 0 Å². The fraction of sp³-hybridized carbons (Fsp3) is 0.333. The minimum absolute atomic E-state index is 0.589. The number of allylic oxidation sites excluding steroid dienone is 4. The van der Waals surface area contributed by atoms with Gasteiger partial charge in [-0.3, -0.25) is 0 Å². The lowest BCUT2D eigenvalue weighted by molar-refractivity contribution is 1.20. The van der Waals surface area contributed by atoms with Crippen LogP contribution < -0.4 is 5.73 Å². The van der Waals surface area contributed by atoms with Gasteiger partial charge in [0.15, 0.2) is 0 Å². The second kappa shape index (κ2) is 4.70. The first-order valence-corrected chi connectivity index (χ1v) is 4.36. The number of nitrogens with two attached hydrogens (primary N) is 1. The number of rotatable bonds is 3. The molecule has 0 aromatic heterocycles. The highest BCUT2D eigenvalue weighted by Gasteiger charge is 2.05. The van der Waals surface area contributed by atoms with Gasteiger partial charge in [0.1, 0.15) is 0 Å². The minimum Gasteiger partial charge on any atom is -0.399 e. The van der Waals surface area contributed by atoms with Crippen molar-refractivity contribution < 1.29 is 0 Å². The first kappa shape index (κ1) is 11.8. The monoisotopic (exact) mass is 177 g/mol. The van der Waals surface area contributed by atoms with Crippen molar-refractivity contribution in [3.05, 3.63) is 47.2 Å². The smallest absolute Gasteiger partial charge is 0.0319 e. The van der Waals surface area contributed by atoms with Crippen LogP contribution in [0.4, 0.5) is 0 Å². The molecule has 0 saturated carbocycles. The summed E-state index contributed by atoms with van der Waals surface area (Å²) in [5.41, 5.74) is 10.6. The topological polar surface area (TPSA) is 26.0 Å². The second-order valence-electron chi connectivity index (χ2n) is 3.28. The van der Waals surface area contributed by atoms with E-state index >= 15 is 0 Å². The van der Waals surface area contributed by atoms with E-state index in [0.29, 0.717) is 5.70 Å². The van der Waals surface area contributed by atoms with Gasteiger partial charge >= 0.3 is 0 Å². The Morgan fingerprint density at radius 3 is 1.85 bits per heavy atom. The van der Waals surface area contributed by atoms with Gasteiger partial charge in [-0.2, -0.15) is 0 Å². The summed E-state index contributed by atoms with van der Waals surface area (Å²) in [4.78, 5) is 0. The molecule has 0 fully saturated rings. The Bertz CT molecular complexity index is 274. The molecular weight excluding hydrogens is 158 g/mol. The van der Waals surface area contributed by atoms with E-state index in [1.807, 2.05) is 20.8 Å². The second-order valence-corrected chi connectivity index (χ2v) is 3.28. The maximum Gasteiger partial charge on any atom is 0.0319 e. The molecular formula is C12H19N. The van der Waals surface area contributed by atoms with Crippen LogP contribution in [0, 0.1) is 0 Å². The summed E-state index contributed by atoms with van der Waals surface area (Å²) in [7, 11) is 0. The molecule has 0 aromatic carbocycles. The molecule has 13 heavy (non-hydrogen) atoms. The third-order valence-electron chi connectivity index (χ3n) is 2.15. The molecule has 0 radical (unpaired) electrons. The predicted molar refractivity (Wildman–Crippen MR) is 60.3 cm³/mol. The SMILES string of the molecule is C=C(C)/C(C(=C)N)=C(C)\C(C)=C\C. The van der Waals surface area contributed by atoms with Gasteiger partial charge in [0.2, 0.25) is 0 Å². The summed E-state index contributed by atoms with van der Waals surface area (Å²) in [5.74, 6) is 0. The van der Waals surface area contributed by atoms with E-state index in [4.69, 9.17) is 5.73 Å². The van der Waals surface area contributed by atoms with Crippen molar-refractivity contribution in [2.24, 2.45) is 5.73 Å². The maximum absolute atomic E-state index is 5.69. The Labute approximate surface area is 81.3 Å². The van der Waals surface area contributed by atoms with Crippen molar-refractivity contribution in [3.8, 4) is 0 Å². The largest absolute Gasteiger partial charge is 0.399 e. The molecule has 0 unspecified atom stereocenters. The molecule has 0 aliphatic carbocycles. The molecule has 1 heteroatoms. The quantitative estimate of drug-likeness (QED) is 0.657. The first-order chi connectivity index (χ1) is 5.91. The summed E-state index contributed by atoms with van der Waals surface area (Å²) in [6, 6.07) is 0. The third kappa shape index (κ3) is 2.94. The highest BCUT2D eigenvalue weighted by molar-refractivity contribution is 5.50. The van der Waals surface area contributed by atoms with Crippen LogP contribution in [-0.2, 0) is 0 Å². The molecule has 0 atom stereocenters. The maximum atomic E-state index is 5.69. The zero-order valence-corrected chi connectivity index (χ0v) is 9.07. The lowest BCUT2D eigenvalue weighted by atomic mass is 9.96. The molecule has 72 valence electrons. The first-order valence-electron chi connectivity index (χ1n) is 4.36. The summed E-state index contributed by atoms with van der Waals surface area (Å²) in [6.45, 7) is 15.7. The van der Waals surface area contributed by atoms with Crippen LogP contribution in [0.25, 0.3) is 0 Å². The molecule has 0 aliphatic heterocycles. The van der Waals surface area contributed by atoms with E-state index in [0.717, 1.165) is 16.7 Å². The average Bonchev–Trinajstić information content (AvgIpc) is 2.01. The van der Waals surface area contributed by atoms with Gasteiger partial charge < -0.3 is 5.73 Å². The summed E-state index contributed by atoms with van der Waals surface area (Å²) >= 11 is 0. The highest BCUT2D eigenvalue weighted by Crippen LogP contribution is 2.22. The van der Waals surface area contributed by atoms with Gasteiger partial charge in [-0.05, 0) is 38.8 Å². The fourth-order valence-electron chi connectivity index (χ4n) is 1.25. The molecule has 2 N–H and O–H groups in total. The molecule has 0 spiro atoms. The van der Waals surface area contributed by atoms with Gasteiger partial charge in [0, 0.05) is 11.3 Å². The summed E-state index contributed by atoms with van der Waals surface area (Å²) in [5, 5.41) is 0. The summed E-state index contributed by atoms with van der Waals surface area (Å²) in [6.07, 6.45) is 2.06. The number of hydrogen-bond donors (Lipinski definition) is 1. The van der Waals surface area contributed by atoms with Crippen LogP contribution in [-0.4, -0.2) is 0 Å². The van der Waals surface area contributed by atoms with Crippen molar-refractivity contribution in [2.75, 3.05) is 0 Å². The molecule has 0 aliphatic rings. The molecule has 1 nitrogen and oxygen atoms in total. The van der Waals surface area contributed by atoms with E-state index in [1.54, 1.807) is 0 Å². The average molecular weight is 177 g/mol. The Morgan fingerprint density at radius 1 is 1.15 bits per heavy atom. The molecule has 0 saturated heterocycles. The Kier molecular flexibility index (Phi) is 4.26. The van der Waals surface area contributed by atoms with E-state index in [1.165, 1.54) is 5.57 Å². The van der Waals surface area contributed by atoms with Gasteiger partial charge in [-0.25, -0.2) is 0 Å². The number of hydrogen-bond acceptors (Lipinski definition) is 1. The predicted octanol–water partition coefficient (Wildman–Crippen LogP) is 3.32. The van der Waals surface area contributed by atoms with Crippen LogP contribution in [0.5, 0.6) is 0 Å². The van der Waals surface area contributed by atoms with Gasteiger partial charge in [0.05, 0.1) is 0 Å².